The van der Waals surface area contributed by atoms with Crippen LogP contribution in [0.15, 0.2) is 16.7 Å². The smallest absolute Gasteiger partial charge is 0.122 e. The molecule has 1 aliphatic heterocycles. The highest BCUT2D eigenvalue weighted by atomic mass is 16.5. The summed E-state index contributed by atoms with van der Waals surface area (Å²) in [6, 6.07) is 2.07. The molecule has 0 aliphatic carbocycles. The summed E-state index contributed by atoms with van der Waals surface area (Å²) in [5.41, 5.74) is 1.28. The molecule has 4 heteroatoms. The number of ether oxygens (including phenoxy) is 1. The van der Waals surface area contributed by atoms with Crippen molar-refractivity contribution in [3.05, 3.63) is 23.7 Å². The molecule has 1 atom stereocenters. The van der Waals surface area contributed by atoms with Crippen LogP contribution in [-0.2, 0) is 17.8 Å². The maximum Gasteiger partial charge on any atom is 0.122 e. The van der Waals surface area contributed by atoms with Gasteiger partial charge in [-0.15, -0.1) is 0 Å². The van der Waals surface area contributed by atoms with Gasteiger partial charge in [-0.25, -0.2) is 0 Å². The van der Waals surface area contributed by atoms with Gasteiger partial charge in [0.05, 0.1) is 18.9 Å². The Labute approximate surface area is 109 Å². The molecule has 0 amide bonds. The minimum Gasteiger partial charge on any atom is -0.468 e. The Morgan fingerprint density at radius 3 is 3.17 bits per heavy atom. The number of hydrogen-bond acceptors (Lipinski definition) is 4. The molecule has 0 aromatic carbocycles. The number of furan rings is 1. The van der Waals surface area contributed by atoms with E-state index in [2.05, 4.69) is 23.2 Å². The lowest BCUT2D eigenvalue weighted by Gasteiger charge is -2.15. The van der Waals surface area contributed by atoms with Crippen LogP contribution in [0, 0.1) is 0 Å². The highest BCUT2D eigenvalue weighted by molar-refractivity contribution is 5.17. The van der Waals surface area contributed by atoms with Crippen LogP contribution in [0.5, 0.6) is 0 Å². The van der Waals surface area contributed by atoms with Crippen LogP contribution in [0.3, 0.4) is 0 Å². The maximum absolute atomic E-state index is 5.60. The molecule has 0 spiro atoms. The third-order valence-electron chi connectivity index (χ3n) is 3.51. The lowest BCUT2D eigenvalue weighted by molar-refractivity contribution is 0.106. The van der Waals surface area contributed by atoms with Crippen molar-refractivity contribution in [2.45, 2.75) is 39.0 Å². The average molecular weight is 252 g/mol. The molecule has 1 fully saturated rings. The molecule has 1 aromatic heterocycles. The first-order chi connectivity index (χ1) is 8.83. The van der Waals surface area contributed by atoms with Crippen LogP contribution in [0.2, 0.25) is 0 Å². The SMILES string of the molecule is CCCNCc1ccoc1CN1CCC(OC)C1. The third kappa shape index (κ3) is 3.57. The van der Waals surface area contributed by atoms with Gasteiger partial charge < -0.3 is 14.5 Å². The minimum absolute atomic E-state index is 0.390. The number of nitrogens with one attached hydrogen (secondary N) is 1. The summed E-state index contributed by atoms with van der Waals surface area (Å²) in [6.45, 7) is 7.15. The fourth-order valence-electron chi connectivity index (χ4n) is 2.40. The van der Waals surface area contributed by atoms with E-state index in [1.165, 1.54) is 5.56 Å². The highest BCUT2D eigenvalue weighted by Gasteiger charge is 2.23. The largest absolute Gasteiger partial charge is 0.468 e. The van der Waals surface area contributed by atoms with Crippen molar-refractivity contribution in [2.24, 2.45) is 0 Å². The monoisotopic (exact) mass is 252 g/mol. The van der Waals surface area contributed by atoms with Gasteiger partial charge in [-0.3, -0.25) is 4.90 Å². The van der Waals surface area contributed by atoms with Crippen LogP contribution in [0.25, 0.3) is 0 Å². The molecular weight excluding hydrogens is 228 g/mol. The Morgan fingerprint density at radius 1 is 1.56 bits per heavy atom. The molecule has 4 nitrogen and oxygen atoms in total. The Kier molecular flexibility index (Phi) is 5.23. The van der Waals surface area contributed by atoms with Gasteiger partial charge >= 0.3 is 0 Å². The molecule has 0 bridgehead atoms. The van der Waals surface area contributed by atoms with E-state index < -0.39 is 0 Å². The van der Waals surface area contributed by atoms with Gasteiger partial charge in [-0.2, -0.15) is 0 Å². The second-order valence-electron chi connectivity index (χ2n) is 4.93. The summed E-state index contributed by atoms with van der Waals surface area (Å²) in [7, 11) is 1.79. The second-order valence-corrected chi connectivity index (χ2v) is 4.93. The number of nitrogens with zero attached hydrogens (tertiary/aromatic N) is 1. The quantitative estimate of drug-likeness (QED) is 0.753. The minimum atomic E-state index is 0.390. The van der Waals surface area contributed by atoms with Crippen molar-refractivity contribution in [3.8, 4) is 0 Å². The van der Waals surface area contributed by atoms with Crippen molar-refractivity contribution < 1.29 is 9.15 Å². The Morgan fingerprint density at radius 2 is 2.44 bits per heavy atom. The summed E-state index contributed by atoms with van der Waals surface area (Å²) in [4.78, 5) is 2.40. The van der Waals surface area contributed by atoms with Gasteiger partial charge in [0.2, 0.25) is 0 Å². The molecule has 2 rings (SSSR count). The van der Waals surface area contributed by atoms with Gasteiger partial charge in [0.25, 0.3) is 0 Å². The van der Waals surface area contributed by atoms with Crippen LogP contribution in [0.4, 0.5) is 0 Å². The first-order valence-electron chi connectivity index (χ1n) is 6.84. The van der Waals surface area contributed by atoms with E-state index in [1.807, 2.05) is 0 Å². The fourth-order valence-corrected chi connectivity index (χ4v) is 2.40. The van der Waals surface area contributed by atoms with Crippen molar-refractivity contribution in [1.29, 1.82) is 0 Å². The van der Waals surface area contributed by atoms with E-state index in [9.17, 15) is 0 Å². The zero-order valence-corrected chi connectivity index (χ0v) is 11.4. The molecule has 1 unspecified atom stereocenters. The van der Waals surface area contributed by atoms with E-state index in [0.717, 1.165) is 51.3 Å². The molecule has 1 saturated heterocycles. The summed E-state index contributed by atoms with van der Waals surface area (Å²) in [5.74, 6) is 1.09. The summed E-state index contributed by atoms with van der Waals surface area (Å²) < 4.78 is 11.0. The molecule has 18 heavy (non-hydrogen) atoms. The lowest BCUT2D eigenvalue weighted by Crippen LogP contribution is -2.23. The first kappa shape index (κ1) is 13.6. The second kappa shape index (κ2) is 6.92. The van der Waals surface area contributed by atoms with Crippen LogP contribution in [0.1, 0.15) is 31.1 Å². The topological polar surface area (TPSA) is 37.6 Å². The molecule has 1 N–H and O–H groups in total. The van der Waals surface area contributed by atoms with E-state index in [0.29, 0.717) is 6.10 Å². The van der Waals surface area contributed by atoms with Gasteiger partial charge in [0.1, 0.15) is 5.76 Å². The predicted molar refractivity (Wildman–Crippen MR) is 71.4 cm³/mol. The average Bonchev–Trinajstić information content (AvgIpc) is 3.00. The molecule has 102 valence electrons. The summed E-state index contributed by atoms with van der Waals surface area (Å²) in [6.07, 6.45) is 4.47. The van der Waals surface area contributed by atoms with Crippen molar-refractivity contribution in [2.75, 3.05) is 26.7 Å². The number of likely N-dealkylation sites (tertiary alicyclic amines) is 1. The van der Waals surface area contributed by atoms with Crippen LogP contribution in [-0.4, -0.2) is 37.7 Å². The van der Waals surface area contributed by atoms with Crippen molar-refractivity contribution in [3.63, 3.8) is 0 Å². The molecule has 0 radical (unpaired) electrons. The molecule has 2 heterocycles. The molecule has 0 saturated carbocycles. The fraction of sp³-hybridized carbons (Fsp3) is 0.714. The summed E-state index contributed by atoms with van der Waals surface area (Å²) >= 11 is 0. The first-order valence-corrected chi connectivity index (χ1v) is 6.84. The lowest BCUT2D eigenvalue weighted by atomic mass is 10.2. The van der Waals surface area contributed by atoms with Crippen molar-refractivity contribution >= 4 is 0 Å². The van der Waals surface area contributed by atoms with Gasteiger partial charge in [0.15, 0.2) is 0 Å². The van der Waals surface area contributed by atoms with E-state index in [-0.39, 0.29) is 0 Å². The predicted octanol–water partition coefficient (Wildman–Crippen LogP) is 2.00. The zero-order chi connectivity index (χ0) is 12.8. The Bertz CT molecular complexity index is 351. The van der Waals surface area contributed by atoms with E-state index >= 15 is 0 Å². The standard InChI is InChI=1S/C14H24N2O2/c1-3-6-15-9-12-5-8-18-14(12)11-16-7-4-13(10-16)17-2/h5,8,13,15H,3-4,6-7,9-11H2,1-2H3. The van der Waals surface area contributed by atoms with Crippen molar-refractivity contribution in [1.82, 2.24) is 10.2 Å². The van der Waals surface area contributed by atoms with E-state index in [1.54, 1.807) is 13.4 Å². The number of hydrogen-bond donors (Lipinski definition) is 1. The number of rotatable bonds is 7. The molecule has 1 aromatic rings. The Hall–Kier alpha value is -0.840. The zero-order valence-electron chi connectivity index (χ0n) is 11.4. The normalized spacial score (nSPS) is 20.7. The summed E-state index contributed by atoms with van der Waals surface area (Å²) in [5, 5.41) is 3.42. The molecular formula is C14H24N2O2. The third-order valence-corrected chi connectivity index (χ3v) is 3.51. The highest BCUT2D eigenvalue weighted by Crippen LogP contribution is 2.18. The van der Waals surface area contributed by atoms with Gasteiger partial charge in [-0.05, 0) is 25.5 Å². The Balaban J connectivity index is 1.84. The molecule has 1 aliphatic rings. The van der Waals surface area contributed by atoms with Crippen LogP contribution >= 0.6 is 0 Å². The maximum atomic E-state index is 5.60. The van der Waals surface area contributed by atoms with Crippen LogP contribution < -0.4 is 5.32 Å². The number of methoxy groups -OCH3 is 1. The van der Waals surface area contributed by atoms with Gasteiger partial charge in [0, 0.05) is 32.3 Å². The van der Waals surface area contributed by atoms with Gasteiger partial charge in [-0.1, -0.05) is 6.92 Å². The van der Waals surface area contributed by atoms with E-state index in [4.69, 9.17) is 9.15 Å².